The largest absolute Gasteiger partial charge is 0.494 e. The molecule has 0 unspecified atom stereocenters. The van der Waals surface area contributed by atoms with Crippen LogP contribution in [0.2, 0.25) is 0 Å². The van der Waals surface area contributed by atoms with Gasteiger partial charge in [0.25, 0.3) is 5.91 Å². The van der Waals surface area contributed by atoms with Crippen LogP contribution in [0, 0.1) is 5.92 Å². The van der Waals surface area contributed by atoms with Crippen LogP contribution in [0.4, 0.5) is 17.2 Å². The molecule has 1 saturated carbocycles. The van der Waals surface area contributed by atoms with E-state index in [1.54, 1.807) is 24.4 Å². The fourth-order valence-electron chi connectivity index (χ4n) is 3.37. The number of carbonyl (C=O) groups is 2. The number of amides is 2. The minimum Gasteiger partial charge on any atom is -0.494 e. The monoisotopic (exact) mass is 482 g/mol. The summed E-state index contributed by atoms with van der Waals surface area (Å²) >= 11 is 0. The van der Waals surface area contributed by atoms with E-state index in [9.17, 15) is 9.59 Å². The fraction of sp³-hybridized carbons (Fsp3) is 0.333. The van der Waals surface area contributed by atoms with Crippen LogP contribution in [0.25, 0.3) is 11.3 Å². The summed E-state index contributed by atoms with van der Waals surface area (Å²) in [4.78, 5) is 26.4. The molecular formula is C21H21B3N8O4. The number of methoxy groups -OCH3 is 1. The quantitative estimate of drug-likeness (QED) is 0.285. The first-order valence-corrected chi connectivity index (χ1v) is 11.0. The second-order valence-electron chi connectivity index (χ2n) is 8.20. The van der Waals surface area contributed by atoms with Gasteiger partial charge in [-0.15, -0.1) is 10.2 Å². The molecule has 0 aliphatic heterocycles. The molecule has 2 amide bonds. The Morgan fingerprint density at radius 1 is 1.22 bits per heavy atom. The number of hydrogen-bond donors (Lipinski definition) is 4. The van der Waals surface area contributed by atoms with Crippen LogP contribution in [-0.2, 0) is 11.3 Å². The van der Waals surface area contributed by atoms with E-state index in [2.05, 4.69) is 36.3 Å². The van der Waals surface area contributed by atoms with Gasteiger partial charge in [-0.3, -0.25) is 9.59 Å². The third-order valence-electron chi connectivity index (χ3n) is 5.14. The molecular weight excluding hydrogens is 461 g/mol. The summed E-state index contributed by atoms with van der Waals surface area (Å²) in [6.45, 7) is 0.129. The Kier molecular flexibility index (Phi) is 7.29. The molecule has 0 saturated heterocycles. The highest BCUT2D eigenvalue weighted by Crippen LogP contribution is 2.37. The lowest BCUT2D eigenvalue weighted by atomic mass is 9.49. The van der Waals surface area contributed by atoms with Crippen LogP contribution in [0.5, 0.6) is 5.75 Å². The molecule has 12 nitrogen and oxygen atoms in total. The first-order valence-electron chi connectivity index (χ1n) is 11.0. The second kappa shape index (κ2) is 10.4. The van der Waals surface area contributed by atoms with Crippen LogP contribution < -0.4 is 20.7 Å². The zero-order chi connectivity index (χ0) is 25.9. The van der Waals surface area contributed by atoms with Crippen molar-refractivity contribution >= 4 is 52.5 Å². The summed E-state index contributed by atoms with van der Waals surface area (Å²) in [5.74, 6) is -0.490. The number of ether oxygens (including phenoxy) is 1. The Labute approximate surface area is 210 Å². The van der Waals surface area contributed by atoms with Gasteiger partial charge in [-0.1, -0.05) is 11.3 Å². The van der Waals surface area contributed by atoms with Crippen molar-refractivity contribution < 1.29 is 19.4 Å². The van der Waals surface area contributed by atoms with E-state index < -0.39 is 11.1 Å². The average Bonchev–Trinajstić information content (AvgIpc) is 3.57. The third-order valence-corrected chi connectivity index (χ3v) is 5.14. The number of aliphatic hydroxyl groups excluding tert-OH is 1. The normalized spacial score (nSPS) is 13.2. The van der Waals surface area contributed by atoms with Gasteiger partial charge in [-0.25, -0.2) is 0 Å². The maximum atomic E-state index is 12.8. The maximum absolute atomic E-state index is 12.8. The van der Waals surface area contributed by atoms with Gasteiger partial charge in [0.15, 0.2) is 17.3 Å². The number of carbonyl (C=O) groups excluding carboxylic acids is 2. The van der Waals surface area contributed by atoms with Gasteiger partial charge in [0.1, 0.15) is 5.69 Å². The standard InChI is InChI=1S/C21H21B3N8O4/c1-36-18-12(15-10-25-32(31-15)7-8-33)3-2-4-13(18)26-14-9-16(27-19(34)11-5-6-11)29-30-17(14)20(35)28-21(22,23)24/h2-4,9-11,33H,5-8H2,1H3,(H,28,35)(H2,26,27,29,34). The fourth-order valence-corrected chi connectivity index (χ4v) is 3.37. The Morgan fingerprint density at radius 3 is 2.67 bits per heavy atom. The summed E-state index contributed by atoms with van der Waals surface area (Å²) in [5.41, 5.74) is 1.56. The van der Waals surface area contributed by atoms with Crippen LogP contribution in [0.1, 0.15) is 23.3 Å². The molecule has 0 atom stereocenters. The van der Waals surface area contributed by atoms with Crippen molar-refractivity contribution in [3.8, 4) is 17.0 Å². The van der Waals surface area contributed by atoms with E-state index in [1.807, 2.05) is 0 Å². The molecule has 15 heteroatoms. The van der Waals surface area contributed by atoms with Crippen LogP contribution in [0.15, 0.2) is 30.5 Å². The van der Waals surface area contributed by atoms with E-state index in [1.165, 1.54) is 18.0 Å². The molecule has 1 aliphatic rings. The summed E-state index contributed by atoms with van der Waals surface area (Å²) in [7, 11) is 18.0. The Morgan fingerprint density at radius 2 is 2.00 bits per heavy atom. The highest BCUT2D eigenvalue weighted by molar-refractivity contribution is 6.60. The van der Waals surface area contributed by atoms with E-state index >= 15 is 0 Å². The summed E-state index contributed by atoms with van der Waals surface area (Å²) in [6, 6.07) is 6.70. The maximum Gasteiger partial charge on any atom is 0.272 e. The zero-order valence-electron chi connectivity index (χ0n) is 19.4. The summed E-state index contributed by atoms with van der Waals surface area (Å²) in [6.07, 6.45) is 3.16. The number of benzene rings is 1. The van der Waals surface area contributed by atoms with Crippen molar-refractivity contribution in [3.05, 3.63) is 36.2 Å². The molecule has 2 aromatic heterocycles. The van der Waals surface area contributed by atoms with Gasteiger partial charge in [-0.05, 0) is 25.0 Å². The Hall–Kier alpha value is -3.87. The number of nitrogens with zero attached hydrogens (tertiary/aromatic N) is 5. The minimum atomic E-state index is -1.99. The molecule has 178 valence electrons. The minimum absolute atomic E-state index is 0.0606. The van der Waals surface area contributed by atoms with Crippen molar-refractivity contribution in [1.29, 1.82) is 0 Å². The van der Waals surface area contributed by atoms with Gasteiger partial charge in [0.2, 0.25) is 5.91 Å². The molecule has 1 fully saturated rings. The molecule has 0 spiro atoms. The van der Waals surface area contributed by atoms with Gasteiger partial charge in [0.05, 0.1) is 61.4 Å². The number of nitrogens with one attached hydrogen (secondary N) is 3. The number of rotatable bonds is 10. The number of hydrogen-bond acceptors (Lipinski definition) is 9. The highest BCUT2D eigenvalue weighted by atomic mass is 16.5. The summed E-state index contributed by atoms with van der Waals surface area (Å²) in [5, 5.41) is 31.5. The van der Waals surface area contributed by atoms with Crippen molar-refractivity contribution in [2.75, 3.05) is 24.4 Å². The van der Waals surface area contributed by atoms with Crippen molar-refractivity contribution in [1.82, 2.24) is 30.5 Å². The lowest BCUT2D eigenvalue weighted by molar-refractivity contribution is -0.117. The highest BCUT2D eigenvalue weighted by Gasteiger charge is 2.30. The van der Waals surface area contributed by atoms with Crippen LogP contribution in [0.3, 0.4) is 0 Å². The lowest BCUT2D eigenvalue weighted by Crippen LogP contribution is -2.50. The topological polar surface area (TPSA) is 156 Å². The van der Waals surface area contributed by atoms with E-state index in [0.717, 1.165) is 12.8 Å². The predicted octanol–water partition coefficient (Wildman–Crippen LogP) is -0.325. The van der Waals surface area contributed by atoms with Crippen molar-refractivity contribution in [3.63, 3.8) is 0 Å². The number of aromatic nitrogens is 5. The van der Waals surface area contributed by atoms with Crippen LogP contribution in [-0.4, -0.2) is 84.6 Å². The summed E-state index contributed by atoms with van der Waals surface area (Å²) < 4.78 is 5.63. The first kappa shape index (κ1) is 25.2. The van der Waals surface area contributed by atoms with Crippen LogP contribution >= 0.6 is 0 Å². The molecule has 4 rings (SSSR count). The molecule has 0 bridgehead atoms. The van der Waals surface area contributed by atoms with E-state index in [4.69, 9.17) is 33.4 Å². The zero-order valence-corrected chi connectivity index (χ0v) is 19.4. The molecule has 3 aromatic rings. The smallest absolute Gasteiger partial charge is 0.272 e. The van der Waals surface area contributed by atoms with Gasteiger partial charge < -0.3 is 25.8 Å². The molecule has 1 aromatic carbocycles. The average molecular weight is 482 g/mol. The Balaban J connectivity index is 1.70. The lowest BCUT2D eigenvalue weighted by Gasteiger charge is -2.23. The second-order valence-corrected chi connectivity index (χ2v) is 8.20. The number of aliphatic hydroxyl groups is 1. The molecule has 2 heterocycles. The van der Waals surface area contributed by atoms with Crippen molar-refractivity contribution in [2.45, 2.75) is 24.6 Å². The molecule has 36 heavy (non-hydrogen) atoms. The van der Waals surface area contributed by atoms with Crippen molar-refractivity contribution in [2.24, 2.45) is 5.92 Å². The van der Waals surface area contributed by atoms with Gasteiger partial charge in [0, 0.05) is 17.5 Å². The number of anilines is 3. The third kappa shape index (κ3) is 6.03. The van der Waals surface area contributed by atoms with Gasteiger partial charge in [-0.2, -0.15) is 15.0 Å². The molecule has 1 aliphatic carbocycles. The number of para-hydroxylation sites is 1. The Bertz CT molecular complexity index is 1280. The molecule has 4 N–H and O–H groups in total. The van der Waals surface area contributed by atoms with Gasteiger partial charge >= 0.3 is 0 Å². The van der Waals surface area contributed by atoms with E-state index in [0.29, 0.717) is 22.7 Å². The SMILES string of the molecule is [B]C([B])([B])NC(=O)c1nnc(NC(=O)C2CC2)cc1Nc1cccc(-c2cnn(CCO)n2)c1OC. The predicted molar refractivity (Wildman–Crippen MR) is 133 cm³/mol. The molecule has 6 radical (unpaired) electrons. The van der Waals surface area contributed by atoms with E-state index in [-0.39, 0.29) is 42.2 Å². The first-order chi connectivity index (χ1) is 17.2.